The fourth-order valence-corrected chi connectivity index (χ4v) is 4.57. The van der Waals surface area contributed by atoms with Crippen LogP contribution in [0.4, 0.5) is 20.3 Å². The van der Waals surface area contributed by atoms with Crippen molar-refractivity contribution in [2.75, 3.05) is 37.7 Å². The molecule has 0 radical (unpaired) electrons. The van der Waals surface area contributed by atoms with Gasteiger partial charge in [-0.15, -0.1) is 0 Å². The van der Waals surface area contributed by atoms with Crippen LogP contribution in [0.3, 0.4) is 0 Å². The number of nitrogens with two attached hydrogens (primary N) is 2. The molecule has 194 valence electrons. The number of hydrogen-bond donors (Lipinski definition) is 2. The molecule has 36 heavy (non-hydrogen) atoms. The molecule has 10 heteroatoms. The second-order valence-corrected chi connectivity index (χ2v) is 9.57. The molecule has 1 aliphatic heterocycles. The van der Waals surface area contributed by atoms with E-state index in [1.807, 2.05) is 13.8 Å². The molecule has 4 rings (SSSR count). The number of benzene rings is 1. The fraction of sp³-hybridized carbons (Fsp3) is 0.462. The van der Waals surface area contributed by atoms with Crippen LogP contribution in [0.2, 0.25) is 0 Å². The summed E-state index contributed by atoms with van der Waals surface area (Å²) in [5.41, 5.74) is 14.9. The molecule has 0 spiro atoms. The maximum Gasteiger partial charge on any atom is 0.330 e. The van der Waals surface area contributed by atoms with E-state index < -0.39 is 12.0 Å². The van der Waals surface area contributed by atoms with Gasteiger partial charge in [-0.2, -0.15) is 0 Å². The minimum atomic E-state index is -0.683. The van der Waals surface area contributed by atoms with Crippen LogP contribution in [0.15, 0.2) is 35.3 Å². The Bertz CT molecular complexity index is 1260. The smallest absolute Gasteiger partial charge is 0.330 e. The van der Waals surface area contributed by atoms with Crippen LogP contribution >= 0.6 is 0 Å². The van der Waals surface area contributed by atoms with Gasteiger partial charge in [0.1, 0.15) is 17.8 Å². The lowest BCUT2D eigenvalue weighted by atomic mass is 10.00. The number of hydrogen-bond acceptors (Lipinski definition) is 6. The SMILES string of the molecule is CC(C)n1c(-c2cc(-c3ccc(COCCN4CCC(F)CC4)nc3)c(F)cc2N)c(N)n(C)c1=O. The van der Waals surface area contributed by atoms with E-state index in [0.29, 0.717) is 48.4 Å². The van der Waals surface area contributed by atoms with Gasteiger partial charge in [0.25, 0.3) is 0 Å². The maximum atomic E-state index is 15.0. The van der Waals surface area contributed by atoms with Gasteiger partial charge >= 0.3 is 5.69 Å². The molecule has 0 bridgehead atoms. The van der Waals surface area contributed by atoms with E-state index in [-0.39, 0.29) is 23.2 Å². The molecule has 0 unspecified atom stereocenters. The normalized spacial score (nSPS) is 15.2. The Balaban J connectivity index is 1.50. The molecule has 4 N–H and O–H groups in total. The first-order valence-electron chi connectivity index (χ1n) is 12.2. The molecule has 3 aromatic rings. The molecule has 1 aromatic carbocycles. The average Bonchev–Trinajstić information content (AvgIpc) is 3.07. The lowest BCUT2D eigenvalue weighted by molar-refractivity contribution is 0.0726. The van der Waals surface area contributed by atoms with Crippen LogP contribution in [0, 0.1) is 5.82 Å². The number of nitrogen functional groups attached to an aromatic ring is 2. The highest BCUT2D eigenvalue weighted by atomic mass is 19.1. The van der Waals surface area contributed by atoms with Crippen molar-refractivity contribution >= 4 is 11.5 Å². The number of aromatic nitrogens is 3. The quantitative estimate of drug-likeness (QED) is 0.361. The summed E-state index contributed by atoms with van der Waals surface area (Å²) in [6, 6.07) is 6.26. The molecule has 0 amide bonds. The van der Waals surface area contributed by atoms with Gasteiger partial charge in [0.2, 0.25) is 0 Å². The average molecular weight is 501 g/mol. The van der Waals surface area contributed by atoms with Crippen molar-refractivity contribution < 1.29 is 13.5 Å². The molecule has 0 saturated carbocycles. The van der Waals surface area contributed by atoms with Gasteiger partial charge in [0.05, 0.1) is 24.6 Å². The van der Waals surface area contributed by atoms with E-state index in [2.05, 4.69) is 9.88 Å². The van der Waals surface area contributed by atoms with Gasteiger partial charge in [-0.1, -0.05) is 6.07 Å². The van der Waals surface area contributed by atoms with E-state index in [1.54, 1.807) is 36.0 Å². The Morgan fingerprint density at radius 3 is 2.53 bits per heavy atom. The van der Waals surface area contributed by atoms with Gasteiger partial charge in [-0.3, -0.25) is 14.1 Å². The molecule has 8 nitrogen and oxygen atoms in total. The third kappa shape index (κ3) is 5.29. The van der Waals surface area contributed by atoms with Crippen molar-refractivity contribution in [3.63, 3.8) is 0 Å². The Morgan fingerprint density at radius 1 is 1.17 bits per heavy atom. The van der Waals surface area contributed by atoms with Crippen molar-refractivity contribution in [2.45, 2.75) is 45.5 Å². The lowest BCUT2D eigenvalue weighted by Crippen LogP contribution is -2.36. The van der Waals surface area contributed by atoms with Crippen LogP contribution < -0.4 is 17.2 Å². The summed E-state index contributed by atoms with van der Waals surface area (Å²) in [5.74, 6) is -0.232. The number of halogens is 2. The molecule has 1 fully saturated rings. The minimum absolute atomic E-state index is 0.166. The van der Waals surface area contributed by atoms with Crippen LogP contribution in [0.5, 0.6) is 0 Å². The Hall–Kier alpha value is -3.24. The predicted octanol–water partition coefficient (Wildman–Crippen LogP) is 3.75. The number of ether oxygens (including phenoxy) is 1. The van der Waals surface area contributed by atoms with E-state index >= 15 is 0 Å². The van der Waals surface area contributed by atoms with Crippen molar-refractivity contribution in [1.29, 1.82) is 0 Å². The Morgan fingerprint density at radius 2 is 1.89 bits per heavy atom. The highest BCUT2D eigenvalue weighted by Gasteiger charge is 2.23. The predicted molar refractivity (Wildman–Crippen MR) is 138 cm³/mol. The number of alkyl halides is 1. The largest absolute Gasteiger partial charge is 0.398 e. The first-order chi connectivity index (χ1) is 17.2. The second kappa shape index (κ2) is 10.8. The number of pyridine rings is 1. The van der Waals surface area contributed by atoms with Gasteiger partial charge < -0.3 is 21.1 Å². The molecule has 0 aliphatic carbocycles. The first kappa shape index (κ1) is 25.8. The van der Waals surface area contributed by atoms with Gasteiger partial charge in [0, 0.05) is 61.3 Å². The summed E-state index contributed by atoms with van der Waals surface area (Å²) in [6.45, 7) is 6.89. The third-order valence-corrected chi connectivity index (χ3v) is 6.70. The van der Waals surface area contributed by atoms with Crippen molar-refractivity contribution in [3.8, 4) is 22.4 Å². The van der Waals surface area contributed by atoms with Crippen LogP contribution in [-0.4, -0.2) is 51.4 Å². The number of piperidine rings is 1. The summed E-state index contributed by atoms with van der Waals surface area (Å²) in [4.78, 5) is 19.3. The van der Waals surface area contributed by atoms with Crippen molar-refractivity contribution in [3.05, 3.63) is 52.5 Å². The molecule has 2 aromatic heterocycles. The van der Waals surface area contributed by atoms with E-state index in [1.165, 1.54) is 10.6 Å². The summed E-state index contributed by atoms with van der Waals surface area (Å²) >= 11 is 0. The van der Waals surface area contributed by atoms with E-state index in [4.69, 9.17) is 16.2 Å². The number of rotatable bonds is 8. The van der Waals surface area contributed by atoms with Gasteiger partial charge in [0.15, 0.2) is 0 Å². The second-order valence-electron chi connectivity index (χ2n) is 9.57. The summed E-state index contributed by atoms with van der Waals surface area (Å²) < 4.78 is 36.9. The monoisotopic (exact) mass is 500 g/mol. The van der Waals surface area contributed by atoms with Crippen molar-refractivity contribution in [2.24, 2.45) is 7.05 Å². The number of likely N-dealkylation sites (tertiary alicyclic amines) is 1. The molecular formula is C26H34F2N6O2. The fourth-order valence-electron chi connectivity index (χ4n) is 4.57. The van der Waals surface area contributed by atoms with Crippen LogP contribution in [-0.2, 0) is 18.4 Å². The lowest BCUT2D eigenvalue weighted by Gasteiger charge is -2.28. The molecule has 0 atom stereocenters. The minimum Gasteiger partial charge on any atom is -0.398 e. The van der Waals surface area contributed by atoms with Gasteiger partial charge in [-0.05, 0) is 44.9 Å². The zero-order chi connectivity index (χ0) is 26.0. The number of nitrogens with zero attached hydrogens (tertiary/aromatic N) is 4. The van der Waals surface area contributed by atoms with Crippen LogP contribution in [0.25, 0.3) is 22.4 Å². The third-order valence-electron chi connectivity index (χ3n) is 6.70. The van der Waals surface area contributed by atoms with E-state index in [9.17, 15) is 13.6 Å². The summed E-state index contributed by atoms with van der Waals surface area (Å²) in [5, 5.41) is 0. The van der Waals surface area contributed by atoms with Gasteiger partial charge in [-0.25, -0.2) is 13.6 Å². The van der Waals surface area contributed by atoms with Crippen LogP contribution in [0.1, 0.15) is 38.4 Å². The number of imidazole rings is 1. The summed E-state index contributed by atoms with van der Waals surface area (Å²) in [7, 11) is 1.59. The molecule has 1 aliphatic rings. The van der Waals surface area contributed by atoms with E-state index in [0.717, 1.165) is 25.3 Å². The zero-order valence-electron chi connectivity index (χ0n) is 21.0. The first-order valence-corrected chi connectivity index (χ1v) is 12.2. The maximum absolute atomic E-state index is 15.0. The summed E-state index contributed by atoms with van der Waals surface area (Å²) in [6.07, 6.45) is 2.07. The molecule has 1 saturated heterocycles. The molecular weight excluding hydrogens is 466 g/mol. The molecule has 3 heterocycles. The highest BCUT2D eigenvalue weighted by molar-refractivity contribution is 5.85. The Kier molecular flexibility index (Phi) is 7.75. The van der Waals surface area contributed by atoms with Crippen molar-refractivity contribution in [1.82, 2.24) is 19.0 Å². The number of anilines is 2. The standard InChI is InChI=1S/C26H34F2N6O2/c1-16(2)34-24(25(30)32(3)26(34)35)21-12-20(22(28)13-23(21)29)17-4-5-19(31-14-17)15-36-11-10-33-8-6-18(27)7-9-33/h4-5,12-14,16,18H,6-11,15,29-30H2,1-3H3. The topological polar surface area (TPSA) is 104 Å². The zero-order valence-corrected chi connectivity index (χ0v) is 21.0. The Labute approximate surface area is 209 Å². The highest BCUT2D eigenvalue weighted by Crippen LogP contribution is 2.36.